The molecule has 1 atom stereocenters. The molecule has 8 heteroatoms. The number of nitrogens with zero attached hydrogens (tertiary/aromatic N) is 2. The van der Waals surface area contributed by atoms with Crippen LogP contribution in [-0.2, 0) is 14.3 Å². The highest BCUT2D eigenvalue weighted by Gasteiger charge is 2.16. The molecular formula is C18H25N3O3S2. The zero-order valence-corrected chi connectivity index (χ0v) is 17.5. The van der Waals surface area contributed by atoms with Crippen molar-refractivity contribution in [3.05, 3.63) is 16.3 Å². The standard InChI is InChI=1S/C18H25N3O3S2/c1-6-7-10(2)19-14(22)8-24-15(23)9-25-17-16-11(3)12(4)26-18(16)21-13(5)20-17/h10H,6-9H2,1-5H3,(H,19,22)/t10-/m0/s1. The Labute approximate surface area is 162 Å². The van der Waals surface area contributed by atoms with Crippen molar-refractivity contribution in [2.24, 2.45) is 0 Å². The second kappa shape index (κ2) is 9.32. The summed E-state index contributed by atoms with van der Waals surface area (Å²) in [6, 6.07) is 0.0858. The molecular weight excluding hydrogens is 370 g/mol. The molecule has 0 fully saturated rings. The van der Waals surface area contributed by atoms with E-state index in [0.717, 1.165) is 33.6 Å². The van der Waals surface area contributed by atoms with Crippen LogP contribution in [0.2, 0.25) is 0 Å². The minimum atomic E-state index is -0.428. The molecule has 0 radical (unpaired) electrons. The summed E-state index contributed by atoms with van der Waals surface area (Å²) in [4.78, 5) is 34.8. The van der Waals surface area contributed by atoms with Gasteiger partial charge in [0.15, 0.2) is 6.61 Å². The molecule has 2 aromatic rings. The molecule has 0 aliphatic rings. The zero-order valence-electron chi connectivity index (χ0n) is 15.8. The Morgan fingerprint density at radius 3 is 2.69 bits per heavy atom. The number of thioether (sulfide) groups is 1. The molecule has 0 saturated carbocycles. The minimum Gasteiger partial charge on any atom is -0.455 e. The third-order valence-corrected chi connectivity index (χ3v) is 5.98. The number of esters is 1. The van der Waals surface area contributed by atoms with Gasteiger partial charge in [0.05, 0.1) is 5.75 Å². The third kappa shape index (κ3) is 5.41. The molecule has 1 amide bonds. The summed E-state index contributed by atoms with van der Waals surface area (Å²) >= 11 is 2.95. The van der Waals surface area contributed by atoms with Gasteiger partial charge in [-0.25, -0.2) is 9.97 Å². The Hall–Kier alpha value is -1.67. The van der Waals surface area contributed by atoms with Crippen LogP contribution in [0.15, 0.2) is 5.03 Å². The van der Waals surface area contributed by atoms with Crippen molar-refractivity contribution in [3.63, 3.8) is 0 Å². The minimum absolute atomic E-state index is 0.0858. The van der Waals surface area contributed by atoms with E-state index in [1.807, 2.05) is 20.8 Å². The number of aryl methyl sites for hydroxylation is 3. The fourth-order valence-corrected chi connectivity index (χ4v) is 4.62. The number of amides is 1. The highest BCUT2D eigenvalue weighted by molar-refractivity contribution is 8.00. The largest absolute Gasteiger partial charge is 0.455 e. The maximum atomic E-state index is 12.0. The van der Waals surface area contributed by atoms with Crippen LogP contribution in [0, 0.1) is 20.8 Å². The van der Waals surface area contributed by atoms with Gasteiger partial charge in [-0.2, -0.15) is 0 Å². The van der Waals surface area contributed by atoms with Crippen molar-refractivity contribution < 1.29 is 14.3 Å². The summed E-state index contributed by atoms with van der Waals surface area (Å²) in [6.07, 6.45) is 1.89. The fourth-order valence-electron chi connectivity index (χ4n) is 2.56. The quantitative estimate of drug-likeness (QED) is 0.418. The van der Waals surface area contributed by atoms with Crippen molar-refractivity contribution in [1.82, 2.24) is 15.3 Å². The predicted octanol–water partition coefficient (Wildman–Crippen LogP) is 3.56. The molecule has 0 saturated heterocycles. The van der Waals surface area contributed by atoms with Crippen molar-refractivity contribution >= 4 is 45.2 Å². The first-order valence-electron chi connectivity index (χ1n) is 8.64. The first-order valence-corrected chi connectivity index (χ1v) is 10.4. The van der Waals surface area contributed by atoms with Crippen molar-refractivity contribution in [3.8, 4) is 0 Å². The number of nitrogens with one attached hydrogen (secondary N) is 1. The summed E-state index contributed by atoms with van der Waals surface area (Å²) in [5.41, 5.74) is 1.14. The lowest BCUT2D eigenvalue weighted by Crippen LogP contribution is -2.35. The number of carbonyl (C=O) groups is 2. The molecule has 0 bridgehead atoms. The van der Waals surface area contributed by atoms with Gasteiger partial charge in [0.1, 0.15) is 15.7 Å². The average Bonchev–Trinajstić information content (AvgIpc) is 2.85. The zero-order chi connectivity index (χ0) is 19.3. The number of fused-ring (bicyclic) bond motifs is 1. The van der Waals surface area contributed by atoms with Gasteiger partial charge < -0.3 is 10.1 Å². The maximum absolute atomic E-state index is 12.0. The SMILES string of the molecule is CCC[C@H](C)NC(=O)COC(=O)CSc1nc(C)nc2sc(C)c(C)c12. The van der Waals surface area contributed by atoms with Crippen molar-refractivity contribution in [2.45, 2.75) is 58.5 Å². The molecule has 2 aromatic heterocycles. The lowest BCUT2D eigenvalue weighted by Gasteiger charge is -2.12. The topological polar surface area (TPSA) is 81.2 Å². The number of thiophene rings is 1. The Bertz CT molecular complexity index is 805. The van der Waals surface area contributed by atoms with Crippen LogP contribution in [0.25, 0.3) is 10.2 Å². The van der Waals surface area contributed by atoms with Gasteiger partial charge in [-0.15, -0.1) is 11.3 Å². The highest BCUT2D eigenvalue weighted by Crippen LogP contribution is 2.35. The fraction of sp³-hybridized carbons (Fsp3) is 0.556. The van der Waals surface area contributed by atoms with E-state index in [4.69, 9.17) is 4.74 Å². The van der Waals surface area contributed by atoms with E-state index in [2.05, 4.69) is 29.1 Å². The Morgan fingerprint density at radius 1 is 1.27 bits per heavy atom. The second-order valence-electron chi connectivity index (χ2n) is 6.25. The average molecular weight is 396 g/mol. The Balaban J connectivity index is 1.92. The van der Waals surface area contributed by atoms with Crippen molar-refractivity contribution in [2.75, 3.05) is 12.4 Å². The summed E-state index contributed by atoms with van der Waals surface area (Å²) < 4.78 is 5.07. The smallest absolute Gasteiger partial charge is 0.316 e. The van der Waals surface area contributed by atoms with Crippen LogP contribution in [-0.4, -0.2) is 40.2 Å². The van der Waals surface area contributed by atoms with E-state index in [9.17, 15) is 9.59 Å². The lowest BCUT2D eigenvalue weighted by molar-refractivity contribution is -0.146. The number of carbonyl (C=O) groups excluding carboxylic acids is 2. The third-order valence-electron chi connectivity index (χ3n) is 3.93. The molecule has 0 aromatic carbocycles. The van der Waals surface area contributed by atoms with Crippen LogP contribution in [0.3, 0.4) is 0 Å². The molecule has 142 valence electrons. The monoisotopic (exact) mass is 395 g/mol. The summed E-state index contributed by atoms with van der Waals surface area (Å²) in [6.45, 7) is 9.68. The van der Waals surface area contributed by atoms with E-state index in [1.165, 1.54) is 16.6 Å². The molecule has 2 rings (SSSR count). The van der Waals surface area contributed by atoms with Gasteiger partial charge in [0.25, 0.3) is 5.91 Å². The second-order valence-corrected chi connectivity index (χ2v) is 8.41. The molecule has 0 unspecified atom stereocenters. The first kappa shape index (κ1) is 20.6. The molecule has 0 spiro atoms. The van der Waals surface area contributed by atoms with Gasteiger partial charge in [-0.3, -0.25) is 9.59 Å². The van der Waals surface area contributed by atoms with Crippen molar-refractivity contribution in [1.29, 1.82) is 0 Å². The number of rotatable bonds is 8. The Morgan fingerprint density at radius 2 is 2.00 bits per heavy atom. The lowest BCUT2D eigenvalue weighted by atomic mass is 10.2. The number of hydrogen-bond donors (Lipinski definition) is 1. The highest BCUT2D eigenvalue weighted by atomic mass is 32.2. The molecule has 0 aliphatic heterocycles. The normalized spacial score (nSPS) is 12.2. The predicted molar refractivity (Wildman–Crippen MR) is 106 cm³/mol. The van der Waals surface area contributed by atoms with Gasteiger partial charge in [-0.05, 0) is 39.7 Å². The van der Waals surface area contributed by atoms with E-state index in [-0.39, 0.29) is 24.3 Å². The summed E-state index contributed by atoms with van der Waals surface area (Å²) in [7, 11) is 0. The molecule has 26 heavy (non-hydrogen) atoms. The Kier molecular flexibility index (Phi) is 7.40. The van der Waals surface area contributed by atoms with Crippen LogP contribution < -0.4 is 5.32 Å². The number of hydrogen-bond acceptors (Lipinski definition) is 7. The van der Waals surface area contributed by atoms with E-state index >= 15 is 0 Å². The van der Waals surface area contributed by atoms with Gasteiger partial charge in [0, 0.05) is 16.3 Å². The summed E-state index contributed by atoms with van der Waals surface area (Å²) in [5, 5.41) is 4.60. The molecule has 2 heterocycles. The van der Waals surface area contributed by atoms with Gasteiger partial charge in [-0.1, -0.05) is 25.1 Å². The van der Waals surface area contributed by atoms with E-state index < -0.39 is 5.97 Å². The van der Waals surface area contributed by atoms with E-state index in [0.29, 0.717) is 5.82 Å². The van der Waals surface area contributed by atoms with Gasteiger partial charge in [0.2, 0.25) is 0 Å². The van der Waals surface area contributed by atoms with E-state index in [1.54, 1.807) is 11.3 Å². The first-order chi connectivity index (χ1) is 12.3. The molecule has 0 aliphatic carbocycles. The molecule has 1 N–H and O–H groups in total. The molecule has 6 nitrogen and oxygen atoms in total. The summed E-state index contributed by atoms with van der Waals surface area (Å²) in [5.74, 6) is 0.0904. The van der Waals surface area contributed by atoms with Crippen LogP contribution >= 0.6 is 23.1 Å². The number of ether oxygens (including phenoxy) is 1. The van der Waals surface area contributed by atoms with Crippen LogP contribution in [0.5, 0.6) is 0 Å². The van der Waals surface area contributed by atoms with Crippen LogP contribution in [0.1, 0.15) is 43.0 Å². The van der Waals surface area contributed by atoms with Crippen LogP contribution in [0.4, 0.5) is 0 Å². The van der Waals surface area contributed by atoms with Gasteiger partial charge >= 0.3 is 5.97 Å². The maximum Gasteiger partial charge on any atom is 0.316 e. The number of aromatic nitrogens is 2.